The molecule has 5 heteroatoms. The lowest BCUT2D eigenvalue weighted by Crippen LogP contribution is -2.24. The molecular formula is C15H20N2O2S. The molecule has 0 unspecified atom stereocenters. The smallest absolute Gasteiger partial charge is 0.303 e. The first-order valence-electron chi connectivity index (χ1n) is 7.19. The molecule has 0 saturated carbocycles. The predicted octanol–water partition coefficient (Wildman–Crippen LogP) is 3.42. The zero-order chi connectivity index (χ0) is 14.3. The average Bonchev–Trinajstić information content (AvgIpc) is 2.90. The summed E-state index contributed by atoms with van der Waals surface area (Å²) in [5.74, 6) is -0.717. The van der Waals surface area contributed by atoms with Crippen LogP contribution in [0.1, 0.15) is 56.6 Å². The van der Waals surface area contributed by atoms with Gasteiger partial charge in [-0.2, -0.15) is 0 Å². The zero-order valence-electron chi connectivity index (χ0n) is 12.0. The lowest BCUT2D eigenvalue weighted by Gasteiger charge is -2.28. The number of thiazole rings is 1. The summed E-state index contributed by atoms with van der Waals surface area (Å²) >= 11 is 1.67. The van der Waals surface area contributed by atoms with Gasteiger partial charge in [0.15, 0.2) is 4.96 Å². The number of carboxylic acids is 1. The van der Waals surface area contributed by atoms with Gasteiger partial charge in [-0.05, 0) is 32.1 Å². The van der Waals surface area contributed by atoms with Crippen LogP contribution in [0, 0.1) is 0 Å². The maximum absolute atomic E-state index is 10.6. The third kappa shape index (κ3) is 2.24. The van der Waals surface area contributed by atoms with E-state index in [1.165, 1.54) is 29.9 Å². The lowest BCUT2D eigenvalue weighted by molar-refractivity contribution is -0.137. The van der Waals surface area contributed by atoms with Gasteiger partial charge in [0.05, 0.1) is 5.69 Å². The number of aryl methyl sites for hydroxylation is 2. The molecule has 0 atom stereocenters. The number of aliphatic carboxylic acids is 1. The molecule has 4 nitrogen and oxygen atoms in total. The van der Waals surface area contributed by atoms with Gasteiger partial charge in [0.25, 0.3) is 0 Å². The molecule has 2 heterocycles. The standard InChI is InChI=1S/C15H20N2O2S/c1-15(2)8-4-6-11-13(15)16-14-17(11)10(9-20-14)5-3-7-12(18)19/h9H,3-8H2,1-2H3,(H,18,19). The Morgan fingerprint density at radius 2 is 2.35 bits per heavy atom. The normalized spacial score (nSPS) is 17.3. The van der Waals surface area contributed by atoms with Crippen molar-refractivity contribution in [1.82, 2.24) is 9.38 Å². The number of hydrogen-bond acceptors (Lipinski definition) is 3. The number of imidazole rings is 1. The fraction of sp³-hybridized carbons (Fsp3) is 0.600. The maximum atomic E-state index is 10.6. The maximum Gasteiger partial charge on any atom is 0.303 e. The molecule has 0 saturated heterocycles. The van der Waals surface area contributed by atoms with Crippen LogP contribution in [0.4, 0.5) is 0 Å². The molecule has 0 radical (unpaired) electrons. The van der Waals surface area contributed by atoms with Gasteiger partial charge >= 0.3 is 5.97 Å². The van der Waals surface area contributed by atoms with E-state index in [1.807, 2.05) is 0 Å². The predicted molar refractivity (Wildman–Crippen MR) is 79.6 cm³/mol. The number of rotatable bonds is 4. The lowest BCUT2D eigenvalue weighted by atomic mass is 9.78. The Labute approximate surface area is 122 Å². The van der Waals surface area contributed by atoms with Crippen LogP contribution in [0.25, 0.3) is 4.96 Å². The second kappa shape index (κ2) is 4.88. The van der Waals surface area contributed by atoms with Gasteiger partial charge in [0, 0.05) is 28.6 Å². The van der Waals surface area contributed by atoms with Crippen molar-refractivity contribution in [3.05, 3.63) is 22.5 Å². The van der Waals surface area contributed by atoms with E-state index in [2.05, 4.69) is 23.6 Å². The number of aromatic nitrogens is 2. The van der Waals surface area contributed by atoms with Crippen molar-refractivity contribution in [2.75, 3.05) is 0 Å². The first kappa shape index (κ1) is 13.6. The fourth-order valence-electron chi connectivity index (χ4n) is 3.16. The molecule has 2 aromatic heterocycles. The summed E-state index contributed by atoms with van der Waals surface area (Å²) in [4.78, 5) is 16.5. The zero-order valence-corrected chi connectivity index (χ0v) is 12.8. The minimum Gasteiger partial charge on any atom is -0.481 e. The van der Waals surface area contributed by atoms with Gasteiger partial charge in [-0.1, -0.05) is 13.8 Å². The highest BCUT2D eigenvalue weighted by molar-refractivity contribution is 7.15. The number of carboxylic acid groups (broad SMARTS) is 1. The Hall–Kier alpha value is -1.36. The third-order valence-corrected chi connectivity index (χ3v) is 5.08. The largest absolute Gasteiger partial charge is 0.481 e. The summed E-state index contributed by atoms with van der Waals surface area (Å²) in [7, 11) is 0. The van der Waals surface area contributed by atoms with Crippen molar-refractivity contribution < 1.29 is 9.90 Å². The highest BCUT2D eigenvalue weighted by atomic mass is 32.1. The van der Waals surface area contributed by atoms with Crippen molar-refractivity contribution in [3.63, 3.8) is 0 Å². The van der Waals surface area contributed by atoms with Gasteiger partial charge in [0.2, 0.25) is 0 Å². The van der Waals surface area contributed by atoms with E-state index in [4.69, 9.17) is 10.1 Å². The SMILES string of the molecule is CC1(C)CCCc2c1nc1scc(CCCC(=O)O)n21. The Kier molecular flexibility index (Phi) is 3.32. The first-order valence-corrected chi connectivity index (χ1v) is 8.07. The minimum absolute atomic E-state index is 0.164. The summed E-state index contributed by atoms with van der Waals surface area (Å²) in [6, 6.07) is 0. The molecule has 0 amide bonds. The Bertz CT molecular complexity index is 654. The first-order chi connectivity index (χ1) is 9.49. The van der Waals surface area contributed by atoms with Crippen LogP contribution >= 0.6 is 11.3 Å². The molecule has 1 aliphatic carbocycles. The number of nitrogens with zero attached hydrogens (tertiary/aromatic N) is 2. The van der Waals surface area contributed by atoms with Crippen molar-refractivity contribution in [2.45, 2.75) is 57.8 Å². The quantitative estimate of drug-likeness (QED) is 0.939. The van der Waals surface area contributed by atoms with Gasteiger partial charge in [-0.3, -0.25) is 9.20 Å². The Balaban J connectivity index is 1.95. The Morgan fingerprint density at radius 3 is 3.10 bits per heavy atom. The van der Waals surface area contributed by atoms with Crippen LogP contribution in [-0.4, -0.2) is 20.5 Å². The fourth-order valence-corrected chi connectivity index (χ4v) is 4.10. The van der Waals surface area contributed by atoms with Gasteiger partial charge in [-0.15, -0.1) is 11.3 Å². The molecule has 0 spiro atoms. The number of fused-ring (bicyclic) bond motifs is 3. The van der Waals surface area contributed by atoms with Gasteiger partial charge in [0.1, 0.15) is 0 Å². The molecule has 1 aliphatic rings. The van der Waals surface area contributed by atoms with Crippen LogP contribution in [0.2, 0.25) is 0 Å². The average molecular weight is 292 g/mol. The van der Waals surface area contributed by atoms with Crippen LogP contribution < -0.4 is 0 Å². The van der Waals surface area contributed by atoms with Crippen LogP contribution in [-0.2, 0) is 23.1 Å². The van der Waals surface area contributed by atoms with Crippen LogP contribution in [0.15, 0.2) is 5.38 Å². The number of carbonyl (C=O) groups is 1. The van der Waals surface area contributed by atoms with E-state index in [0.29, 0.717) is 6.42 Å². The molecule has 0 bridgehead atoms. The summed E-state index contributed by atoms with van der Waals surface area (Å²) in [5.41, 5.74) is 3.98. The summed E-state index contributed by atoms with van der Waals surface area (Å²) in [6.45, 7) is 4.54. The molecule has 1 N–H and O–H groups in total. The molecule has 3 rings (SSSR count). The monoisotopic (exact) mass is 292 g/mol. The van der Waals surface area contributed by atoms with E-state index in [1.54, 1.807) is 11.3 Å². The van der Waals surface area contributed by atoms with Crippen molar-refractivity contribution in [2.24, 2.45) is 0 Å². The molecular weight excluding hydrogens is 272 g/mol. The molecule has 0 aromatic carbocycles. The Morgan fingerprint density at radius 1 is 1.55 bits per heavy atom. The van der Waals surface area contributed by atoms with E-state index in [-0.39, 0.29) is 11.8 Å². The minimum atomic E-state index is -0.717. The van der Waals surface area contributed by atoms with E-state index < -0.39 is 5.97 Å². The van der Waals surface area contributed by atoms with E-state index in [0.717, 1.165) is 17.8 Å². The third-order valence-electron chi connectivity index (χ3n) is 4.21. The van der Waals surface area contributed by atoms with Crippen molar-refractivity contribution >= 4 is 22.3 Å². The molecule has 0 aliphatic heterocycles. The van der Waals surface area contributed by atoms with Crippen molar-refractivity contribution in [3.8, 4) is 0 Å². The highest BCUT2D eigenvalue weighted by Crippen LogP contribution is 2.38. The molecule has 2 aromatic rings. The van der Waals surface area contributed by atoms with Crippen molar-refractivity contribution in [1.29, 1.82) is 0 Å². The second-order valence-electron chi connectivity index (χ2n) is 6.24. The molecule has 0 fully saturated rings. The summed E-state index contributed by atoms with van der Waals surface area (Å²) in [5, 5.41) is 10.9. The molecule has 20 heavy (non-hydrogen) atoms. The highest BCUT2D eigenvalue weighted by Gasteiger charge is 2.32. The summed E-state index contributed by atoms with van der Waals surface area (Å²) < 4.78 is 2.28. The number of hydrogen-bond donors (Lipinski definition) is 1. The van der Waals surface area contributed by atoms with E-state index in [9.17, 15) is 4.79 Å². The van der Waals surface area contributed by atoms with Gasteiger partial charge in [-0.25, -0.2) is 4.98 Å². The molecule has 108 valence electrons. The van der Waals surface area contributed by atoms with Crippen LogP contribution in [0.5, 0.6) is 0 Å². The topological polar surface area (TPSA) is 54.6 Å². The van der Waals surface area contributed by atoms with Gasteiger partial charge < -0.3 is 5.11 Å². The second-order valence-corrected chi connectivity index (χ2v) is 7.07. The van der Waals surface area contributed by atoms with Crippen LogP contribution in [0.3, 0.4) is 0 Å². The summed E-state index contributed by atoms with van der Waals surface area (Å²) in [6.07, 6.45) is 5.23. The van der Waals surface area contributed by atoms with E-state index >= 15 is 0 Å².